The normalized spacial score (nSPS) is 11.6. The lowest BCUT2D eigenvalue weighted by Crippen LogP contribution is -2.41. The fraction of sp³-hybridized carbons (Fsp3) is 0.333. The molecule has 0 spiro atoms. The second kappa shape index (κ2) is 9.63. The molecule has 1 N–H and O–H groups in total. The van der Waals surface area contributed by atoms with Crippen LogP contribution < -0.4 is 0 Å². The number of nitrogens with zero attached hydrogens (tertiary/aromatic N) is 1. The Hall–Kier alpha value is -1.00. The minimum absolute atomic E-state index is 0.178. The molecular formula is C18H24INO4S. The summed E-state index contributed by atoms with van der Waals surface area (Å²) < 4.78 is 33.3. The fourth-order valence-corrected chi connectivity index (χ4v) is 3.17. The Morgan fingerprint density at radius 2 is 1.64 bits per heavy atom. The molecule has 2 aromatic carbocycles. The van der Waals surface area contributed by atoms with E-state index in [4.69, 9.17) is 5.11 Å². The number of likely N-dealkylation sites (N-methyl/N-ethyl adjacent to an activating group) is 1. The molecule has 0 atom stereocenters. The lowest BCUT2D eigenvalue weighted by atomic mass is 10.2. The van der Waals surface area contributed by atoms with Gasteiger partial charge in [0.2, 0.25) is 0 Å². The molecule has 0 aromatic heterocycles. The molecule has 5 nitrogen and oxygen atoms in total. The molecule has 0 fully saturated rings. The van der Waals surface area contributed by atoms with Gasteiger partial charge in [-0.15, -0.1) is 0 Å². The van der Waals surface area contributed by atoms with Crippen molar-refractivity contribution in [2.45, 2.75) is 18.4 Å². The smallest absolute Gasteiger partial charge is 0.124 e. The van der Waals surface area contributed by atoms with Crippen LogP contribution >= 0.6 is 22.6 Å². The molecule has 0 aliphatic heterocycles. The number of hydrogen-bond acceptors (Lipinski definition) is 4. The van der Waals surface area contributed by atoms with Crippen LogP contribution in [0.5, 0.6) is 0 Å². The van der Waals surface area contributed by atoms with Crippen LogP contribution in [0.2, 0.25) is 0 Å². The second-order valence-electron chi connectivity index (χ2n) is 6.40. The standard InChI is InChI=1S/C11H17INO.C7H8O3S/c1-13(2,7-8-14)9-10-5-3-4-6-11(10)12;1-6-2-4-7(5-3-6)11(8,9)10/h3-6,14H,7-9H2,1-2H3;2-5H,1H3,(H,8,9,10)/q+1;/p-1. The molecule has 0 unspecified atom stereocenters. The molecule has 0 radical (unpaired) electrons. The highest BCUT2D eigenvalue weighted by atomic mass is 127. The molecule has 0 saturated heterocycles. The Bertz CT molecular complexity index is 774. The van der Waals surface area contributed by atoms with E-state index in [1.54, 1.807) is 12.1 Å². The molecule has 0 saturated carbocycles. The molecule has 0 heterocycles. The third-order valence-electron chi connectivity index (χ3n) is 3.57. The summed E-state index contributed by atoms with van der Waals surface area (Å²) in [5, 5.41) is 8.93. The van der Waals surface area contributed by atoms with E-state index in [2.05, 4.69) is 61.0 Å². The quantitative estimate of drug-likeness (QED) is 0.408. The zero-order chi connectivity index (χ0) is 19.1. The number of quaternary nitrogens is 1. The van der Waals surface area contributed by atoms with Gasteiger partial charge in [-0.2, -0.15) is 0 Å². The van der Waals surface area contributed by atoms with E-state index in [0.29, 0.717) is 0 Å². The van der Waals surface area contributed by atoms with Crippen LogP contribution in [0, 0.1) is 10.5 Å². The monoisotopic (exact) mass is 477 g/mol. The van der Waals surface area contributed by atoms with Crippen LogP contribution in [0.15, 0.2) is 53.4 Å². The maximum absolute atomic E-state index is 10.4. The van der Waals surface area contributed by atoms with Gasteiger partial charge in [0, 0.05) is 9.13 Å². The number of aliphatic hydroxyl groups excluding tert-OH is 1. The summed E-state index contributed by atoms with van der Waals surface area (Å²) in [6.45, 7) is 3.84. The van der Waals surface area contributed by atoms with E-state index in [-0.39, 0.29) is 11.5 Å². The maximum Gasteiger partial charge on any atom is 0.124 e. The van der Waals surface area contributed by atoms with Crippen molar-refractivity contribution in [3.63, 3.8) is 0 Å². The molecule has 0 bridgehead atoms. The van der Waals surface area contributed by atoms with Crippen molar-refractivity contribution in [3.05, 3.63) is 63.2 Å². The van der Waals surface area contributed by atoms with Crippen molar-refractivity contribution in [2.75, 3.05) is 27.2 Å². The SMILES string of the molecule is C[N+](C)(CCO)Cc1ccccc1I.Cc1ccc(S(=O)(=O)[O-])cc1. The Morgan fingerprint density at radius 3 is 2.12 bits per heavy atom. The molecular weight excluding hydrogens is 453 g/mol. The zero-order valence-corrected chi connectivity index (χ0v) is 17.6. The van der Waals surface area contributed by atoms with Crippen molar-refractivity contribution in [2.24, 2.45) is 0 Å². The summed E-state index contributed by atoms with van der Waals surface area (Å²) in [5.74, 6) is 0. The Morgan fingerprint density at radius 1 is 1.08 bits per heavy atom. The Labute approximate surface area is 163 Å². The summed E-state index contributed by atoms with van der Waals surface area (Å²) in [7, 11) is 0.00681. The first-order valence-corrected chi connectivity index (χ1v) is 10.2. The van der Waals surface area contributed by atoms with Gasteiger partial charge in [0.25, 0.3) is 0 Å². The number of hydrogen-bond donors (Lipinski definition) is 1. The lowest BCUT2D eigenvalue weighted by molar-refractivity contribution is -0.904. The van der Waals surface area contributed by atoms with E-state index < -0.39 is 10.1 Å². The van der Waals surface area contributed by atoms with Crippen LogP contribution in [0.3, 0.4) is 0 Å². The van der Waals surface area contributed by atoms with Gasteiger partial charge >= 0.3 is 0 Å². The van der Waals surface area contributed by atoms with Gasteiger partial charge < -0.3 is 14.1 Å². The highest BCUT2D eigenvalue weighted by Crippen LogP contribution is 2.15. The Balaban J connectivity index is 0.000000257. The summed E-state index contributed by atoms with van der Waals surface area (Å²) in [6.07, 6.45) is 0. The van der Waals surface area contributed by atoms with Crippen molar-refractivity contribution in [1.82, 2.24) is 0 Å². The summed E-state index contributed by atoms with van der Waals surface area (Å²) in [5.41, 5.74) is 2.28. The molecule has 0 aliphatic carbocycles. The topological polar surface area (TPSA) is 77.4 Å². The average molecular weight is 477 g/mol. The highest BCUT2D eigenvalue weighted by molar-refractivity contribution is 14.1. The summed E-state index contributed by atoms with van der Waals surface area (Å²) >= 11 is 2.36. The minimum Gasteiger partial charge on any atom is -0.744 e. The van der Waals surface area contributed by atoms with Crippen molar-refractivity contribution in [1.29, 1.82) is 0 Å². The van der Waals surface area contributed by atoms with Gasteiger partial charge in [-0.05, 0) is 47.7 Å². The van der Waals surface area contributed by atoms with Crippen LogP contribution in [0.25, 0.3) is 0 Å². The number of halogens is 1. The summed E-state index contributed by atoms with van der Waals surface area (Å²) in [4.78, 5) is -0.178. The zero-order valence-electron chi connectivity index (χ0n) is 14.6. The van der Waals surface area contributed by atoms with E-state index in [1.807, 2.05) is 6.92 Å². The van der Waals surface area contributed by atoms with Crippen LogP contribution in [0.4, 0.5) is 0 Å². The third kappa shape index (κ3) is 8.28. The van der Waals surface area contributed by atoms with Gasteiger partial charge in [0.15, 0.2) is 0 Å². The number of aryl methyl sites for hydroxylation is 1. The average Bonchev–Trinajstić information content (AvgIpc) is 2.49. The fourth-order valence-electron chi connectivity index (χ4n) is 2.14. The van der Waals surface area contributed by atoms with Crippen molar-refractivity contribution >= 4 is 32.7 Å². The minimum atomic E-state index is -4.27. The van der Waals surface area contributed by atoms with Gasteiger partial charge in [-0.3, -0.25) is 0 Å². The molecule has 0 aliphatic rings. The van der Waals surface area contributed by atoms with Crippen LogP contribution in [-0.4, -0.2) is 49.8 Å². The molecule has 25 heavy (non-hydrogen) atoms. The first-order chi connectivity index (χ1) is 11.5. The number of rotatable bonds is 5. The molecule has 2 aromatic rings. The molecule has 7 heteroatoms. The van der Waals surface area contributed by atoms with Crippen molar-refractivity contribution in [3.8, 4) is 0 Å². The highest BCUT2D eigenvalue weighted by Gasteiger charge is 2.16. The van der Waals surface area contributed by atoms with Gasteiger partial charge in [-0.25, -0.2) is 8.42 Å². The van der Waals surface area contributed by atoms with E-state index in [9.17, 15) is 13.0 Å². The predicted octanol–water partition coefficient (Wildman–Crippen LogP) is 2.76. The first-order valence-electron chi connectivity index (χ1n) is 7.74. The van der Waals surface area contributed by atoms with Crippen molar-refractivity contribution < 1.29 is 22.6 Å². The maximum atomic E-state index is 10.4. The molecule has 0 amide bonds. The molecule has 2 rings (SSSR count). The predicted molar refractivity (Wildman–Crippen MR) is 106 cm³/mol. The number of aliphatic hydroxyl groups is 1. The van der Waals surface area contributed by atoms with Gasteiger partial charge in [0.1, 0.15) is 23.2 Å². The van der Waals surface area contributed by atoms with E-state index in [1.165, 1.54) is 21.3 Å². The number of benzene rings is 2. The lowest BCUT2D eigenvalue weighted by Gasteiger charge is -2.29. The molecule has 138 valence electrons. The van der Waals surface area contributed by atoms with Gasteiger partial charge in [0.05, 0.1) is 25.6 Å². The Kier molecular flexibility index (Phi) is 8.49. The largest absolute Gasteiger partial charge is 0.744 e. The van der Waals surface area contributed by atoms with Crippen LogP contribution in [-0.2, 0) is 16.7 Å². The van der Waals surface area contributed by atoms with E-state index in [0.717, 1.165) is 23.1 Å². The third-order valence-corrected chi connectivity index (χ3v) is 5.47. The first kappa shape index (κ1) is 22.0. The van der Waals surface area contributed by atoms with Gasteiger partial charge in [-0.1, -0.05) is 35.9 Å². The van der Waals surface area contributed by atoms with E-state index >= 15 is 0 Å². The second-order valence-corrected chi connectivity index (χ2v) is 8.94. The summed E-state index contributed by atoms with van der Waals surface area (Å²) in [6, 6.07) is 14.2. The van der Waals surface area contributed by atoms with Crippen LogP contribution in [0.1, 0.15) is 11.1 Å².